The number of rotatable bonds is 2. The average molecular weight is 179 g/mol. The lowest BCUT2D eigenvalue weighted by molar-refractivity contribution is 0.0706. The van der Waals surface area contributed by atoms with Gasteiger partial charge in [0.1, 0.15) is 6.29 Å². The Bertz CT molecular complexity index is 347. The minimum atomic E-state index is -0.583. The lowest BCUT2D eigenvalue weighted by Crippen LogP contribution is -2.18. The molecule has 1 aromatic carbocycles. The molecule has 13 heavy (non-hydrogen) atoms. The van der Waals surface area contributed by atoms with Crippen LogP contribution in [0.3, 0.4) is 0 Å². The SMILES string of the molecule is Cc1cc(C(=O)NO)ccc1C=O. The maximum atomic E-state index is 10.9. The van der Waals surface area contributed by atoms with Crippen molar-refractivity contribution in [1.82, 2.24) is 5.48 Å². The molecule has 1 aromatic rings. The van der Waals surface area contributed by atoms with Crippen LogP contribution in [0.1, 0.15) is 26.3 Å². The Hall–Kier alpha value is -1.68. The van der Waals surface area contributed by atoms with Crippen LogP contribution in [0.5, 0.6) is 0 Å². The van der Waals surface area contributed by atoms with Gasteiger partial charge in [-0.05, 0) is 24.6 Å². The highest BCUT2D eigenvalue weighted by Gasteiger charge is 2.05. The number of aryl methyl sites for hydroxylation is 1. The van der Waals surface area contributed by atoms with Crippen LogP contribution in [-0.4, -0.2) is 17.4 Å². The summed E-state index contributed by atoms with van der Waals surface area (Å²) in [5, 5.41) is 8.34. The summed E-state index contributed by atoms with van der Waals surface area (Å²) < 4.78 is 0. The number of hydrogen-bond acceptors (Lipinski definition) is 3. The van der Waals surface area contributed by atoms with E-state index in [9.17, 15) is 9.59 Å². The zero-order chi connectivity index (χ0) is 9.84. The predicted molar refractivity (Wildman–Crippen MR) is 45.8 cm³/mol. The minimum Gasteiger partial charge on any atom is -0.298 e. The fraction of sp³-hybridized carbons (Fsp3) is 0.111. The molecule has 68 valence electrons. The summed E-state index contributed by atoms with van der Waals surface area (Å²) in [4.78, 5) is 21.3. The van der Waals surface area contributed by atoms with Crippen molar-refractivity contribution < 1.29 is 14.8 Å². The van der Waals surface area contributed by atoms with Gasteiger partial charge in [0.05, 0.1) is 0 Å². The van der Waals surface area contributed by atoms with Crippen LogP contribution in [0.2, 0.25) is 0 Å². The molecular weight excluding hydrogens is 170 g/mol. The van der Waals surface area contributed by atoms with Crippen LogP contribution in [0.15, 0.2) is 18.2 Å². The van der Waals surface area contributed by atoms with Gasteiger partial charge in [0.25, 0.3) is 5.91 Å². The first-order valence-corrected chi connectivity index (χ1v) is 3.69. The summed E-state index contributed by atoms with van der Waals surface area (Å²) in [6.45, 7) is 1.72. The maximum Gasteiger partial charge on any atom is 0.274 e. The fourth-order valence-corrected chi connectivity index (χ4v) is 1.01. The molecule has 0 unspecified atom stereocenters. The van der Waals surface area contributed by atoms with E-state index in [1.807, 2.05) is 0 Å². The molecule has 0 radical (unpaired) electrons. The molecule has 1 amide bonds. The molecule has 0 aromatic heterocycles. The molecule has 0 saturated carbocycles. The molecule has 1 rings (SSSR count). The van der Waals surface area contributed by atoms with Crippen LogP contribution in [0.25, 0.3) is 0 Å². The molecule has 4 nitrogen and oxygen atoms in total. The number of nitrogens with one attached hydrogen (secondary N) is 1. The van der Waals surface area contributed by atoms with Crippen molar-refractivity contribution in [3.63, 3.8) is 0 Å². The summed E-state index contributed by atoms with van der Waals surface area (Å²) in [5.74, 6) is -0.583. The van der Waals surface area contributed by atoms with Crippen molar-refractivity contribution in [3.8, 4) is 0 Å². The van der Waals surface area contributed by atoms with Crippen molar-refractivity contribution in [2.75, 3.05) is 0 Å². The molecule has 0 aliphatic heterocycles. The summed E-state index contributed by atoms with van der Waals surface area (Å²) in [7, 11) is 0. The Morgan fingerprint density at radius 1 is 1.54 bits per heavy atom. The zero-order valence-electron chi connectivity index (χ0n) is 7.07. The molecule has 2 N–H and O–H groups in total. The number of carbonyl (C=O) groups excluding carboxylic acids is 2. The Balaban J connectivity index is 3.09. The van der Waals surface area contributed by atoms with E-state index in [2.05, 4.69) is 0 Å². The number of benzene rings is 1. The first-order valence-electron chi connectivity index (χ1n) is 3.69. The molecule has 0 fully saturated rings. The summed E-state index contributed by atoms with van der Waals surface area (Å²) in [6, 6.07) is 4.55. The standard InChI is InChI=1S/C9H9NO3/c1-6-4-7(9(12)10-13)2-3-8(6)5-11/h2-5,13H,1H3,(H,10,12). The van der Waals surface area contributed by atoms with E-state index in [1.165, 1.54) is 23.7 Å². The largest absolute Gasteiger partial charge is 0.298 e. The topological polar surface area (TPSA) is 66.4 Å². The van der Waals surface area contributed by atoms with Crippen LogP contribution >= 0.6 is 0 Å². The summed E-state index contributed by atoms with van der Waals surface area (Å²) in [5.41, 5.74) is 3.08. The van der Waals surface area contributed by atoms with Gasteiger partial charge in [-0.3, -0.25) is 14.8 Å². The highest BCUT2D eigenvalue weighted by Crippen LogP contribution is 2.08. The van der Waals surface area contributed by atoms with Crippen molar-refractivity contribution in [1.29, 1.82) is 0 Å². The second-order valence-corrected chi connectivity index (χ2v) is 2.63. The second-order valence-electron chi connectivity index (χ2n) is 2.63. The number of amides is 1. The van der Waals surface area contributed by atoms with Gasteiger partial charge < -0.3 is 0 Å². The number of carbonyl (C=O) groups is 2. The predicted octanol–water partition coefficient (Wildman–Crippen LogP) is 0.927. The van der Waals surface area contributed by atoms with Gasteiger partial charge in [0, 0.05) is 11.1 Å². The highest BCUT2D eigenvalue weighted by molar-refractivity contribution is 5.94. The first kappa shape index (κ1) is 9.41. The lowest BCUT2D eigenvalue weighted by atomic mass is 10.1. The highest BCUT2D eigenvalue weighted by atomic mass is 16.5. The van der Waals surface area contributed by atoms with Gasteiger partial charge in [0.15, 0.2) is 0 Å². The third kappa shape index (κ3) is 1.91. The van der Waals surface area contributed by atoms with Crippen LogP contribution in [0, 0.1) is 6.92 Å². The van der Waals surface area contributed by atoms with Crippen LogP contribution < -0.4 is 5.48 Å². The molecule has 0 heterocycles. The third-order valence-corrected chi connectivity index (χ3v) is 1.76. The maximum absolute atomic E-state index is 10.9. The molecule has 0 atom stereocenters. The van der Waals surface area contributed by atoms with Gasteiger partial charge in [-0.2, -0.15) is 0 Å². The van der Waals surface area contributed by atoms with E-state index in [-0.39, 0.29) is 0 Å². The molecular formula is C9H9NO3. The van der Waals surface area contributed by atoms with E-state index in [0.29, 0.717) is 16.7 Å². The fourth-order valence-electron chi connectivity index (χ4n) is 1.01. The van der Waals surface area contributed by atoms with E-state index >= 15 is 0 Å². The Labute approximate surface area is 75.1 Å². The van der Waals surface area contributed by atoms with Crippen molar-refractivity contribution in [2.24, 2.45) is 0 Å². The lowest BCUT2D eigenvalue weighted by Gasteiger charge is -2.01. The second kappa shape index (κ2) is 3.82. The van der Waals surface area contributed by atoms with E-state index in [1.54, 1.807) is 6.92 Å². The van der Waals surface area contributed by atoms with E-state index in [0.717, 1.165) is 6.29 Å². The zero-order valence-corrected chi connectivity index (χ0v) is 7.07. The van der Waals surface area contributed by atoms with Gasteiger partial charge >= 0.3 is 0 Å². The normalized spacial score (nSPS) is 9.38. The monoisotopic (exact) mass is 179 g/mol. The van der Waals surface area contributed by atoms with Gasteiger partial charge in [-0.15, -0.1) is 0 Å². The molecule has 4 heteroatoms. The van der Waals surface area contributed by atoms with Gasteiger partial charge in [-0.25, -0.2) is 5.48 Å². The van der Waals surface area contributed by atoms with E-state index in [4.69, 9.17) is 5.21 Å². The van der Waals surface area contributed by atoms with Gasteiger partial charge in [0.2, 0.25) is 0 Å². The van der Waals surface area contributed by atoms with Crippen molar-refractivity contribution >= 4 is 12.2 Å². The number of aldehydes is 1. The Kier molecular flexibility index (Phi) is 2.76. The number of hydroxylamine groups is 1. The molecule has 0 aliphatic rings. The smallest absolute Gasteiger partial charge is 0.274 e. The first-order chi connectivity index (χ1) is 6.19. The molecule has 0 saturated heterocycles. The Morgan fingerprint density at radius 2 is 2.23 bits per heavy atom. The van der Waals surface area contributed by atoms with Crippen LogP contribution in [0.4, 0.5) is 0 Å². The summed E-state index contributed by atoms with van der Waals surface area (Å²) in [6.07, 6.45) is 0.718. The van der Waals surface area contributed by atoms with Gasteiger partial charge in [-0.1, -0.05) is 6.07 Å². The summed E-state index contributed by atoms with van der Waals surface area (Å²) >= 11 is 0. The average Bonchev–Trinajstić information content (AvgIpc) is 2.16. The van der Waals surface area contributed by atoms with Crippen molar-refractivity contribution in [3.05, 3.63) is 34.9 Å². The molecule has 0 spiro atoms. The molecule has 0 aliphatic carbocycles. The number of hydrogen-bond donors (Lipinski definition) is 2. The Morgan fingerprint density at radius 3 is 2.69 bits per heavy atom. The quantitative estimate of drug-likeness (QED) is 0.403. The molecule has 0 bridgehead atoms. The third-order valence-electron chi connectivity index (χ3n) is 1.76. The van der Waals surface area contributed by atoms with E-state index < -0.39 is 5.91 Å². The minimum absolute atomic E-state index is 0.325. The van der Waals surface area contributed by atoms with Crippen molar-refractivity contribution in [2.45, 2.75) is 6.92 Å². The van der Waals surface area contributed by atoms with Crippen LogP contribution in [-0.2, 0) is 0 Å².